The Morgan fingerprint density at radius 3 is 0.738 bits per heavy atom. The quantitative estimate of drug-likeness (QED) is 0.0753. The van der Waals surface area contributed by atoms with Crippen LogP contribution in [0.4, 0.5) is 0 Å². The van der Waals surface area contributed by atoms with Crippen molar-refractivity contribution in [1.82, 2.24) is 0 Å². The Morgan fingerprint density at radius 2 is 0.475 bits per heavy atom. The van der Waals surface area contributed by atoms with E-state index in [2.05, 4.69) is 0 Å². The lowest BCUT2D eigenvalue weighted by molar-refractivity contribution is -0.396. The minimum Gasteiger partial charge on any atom is -0.394 e. The first-order valence-corrected chi connectivity index (χ1v) is 27.3. The summed E-state index contributed by atoms with van der Waals surface area (Å²) in [5, 5.41) is 199. The van der Waals surface area contributed by atoms with Gasteiger partial charge in [0.25, 0.3) is 10.1 Å². The molecule has 21 rings (SSSR count). The van der Waals surface area contributed by atoms with Crippen molar-refractivity contribution in [1.29, 1.82) is 0 Å². The zero-order valence-electron chi connectivity index (χ0n) is 42.0. The molecule has 0 aromatic rings. The molecule has 21 aliphatic heterocycles. The summed E-state index contributed by atoms with van der Waals surface area (Å²) < 4.78 is 116. The van der Waals surface area contributed by atoms with Crippen molar-refractivity contribution in [2.24, 2.45) is 0 Å². The molecule has 0 spiro atoms. The molecule has 35 atom stereocenters. The molecule has 21 aliphatic rings. The van der Waals surface area contributed by atoms with Crippen LogP contribution in [0.25, 0.3) is 0 Å². The van der Waals surface area contributed by atoms with E-state index in [0.717, 1.165) is 0 Å². The van der Waals surface area contributed by atoms with Gasteiger partial charge in [-0.1, -0.05) is 0 Å². The smallest absolute Gasteiger partial charge is 0.264 e. The molecular weight excluding hydrogens is 1120 g/mol. The van der Waals surface area contributed by atoms with E-state index < -0.39 is 271 Å². The normalized spacial score (nSPS) is 54.3. The fourth-order valence-electron chi connectivity index (χ4n) is 10.8. The van der Waals surface area contributed by atoms with E-state index in [0.29, 0.717) is 6.26 Å². The zero-order valence-corrected chi connectivity index (χ0v) is 42.8. The Bertz CT molecular complexity index is 2100. The van der Waals surface area contributed by atoms with Crippen molar-refractivity contribution in [3.63, 3.8) is 0 Å². The first-order valence-electron chi connectivity index (χ1n) is 25.5. The number of hydrogen-bond donors (Lipinski definition) is 18. The second kappa shape index (κ2) is 25.9. The topological polar surface area (TPSA) is 549 Å². The van der Waals surface area contributed by atoms with Gasteiger partial charge < -0.3 is 163 Å². The van der Waals surface area contributed by atoms with Crippen LogP contribution in [0.3, 0.4) is 0 Å². The van der Waals surface area contributed by atoms with Gasteiger partial charge in [-0.2, -0.15) is 8.42 Å². The maximum Gasteiger partial charge on any atom is 0.264 e. The summed E-state index contributed by atoms with van der Waals surface area (Å²) in [6.45, 7) is -7.00. The third kappa shape index (κ3) is 12.6. The fourth-order valence-corrected chi connectivity index (χ4v) is 11.2. The van der Waals surface area contributed by atoms with E-state index >= 15 is 0 Å². The Morgan fingerprint density at radius 1 is 0.263 bits per heavy atom. The molecule has 0 unspecified atom stereocenters. The van der Waals surface area contributed by atoms with Gasteiger partial charge in [0.1, 0.15) is 171 Å². The number of aliphatic hydroxyl groups is 18. The lowest BCUT2D eigenvalue weighted by atomic mass is 9.95. The van der Waals surface area contributed by atoms with E-state index in [9.17, 15) is 100 Å². The van der Waals surface area contributed by atoms with Crippen molar-refractivity contribution in [2.75, 3.05) is 52.5 Å². The summed E-state index contributed by atoms with van der Waals surface area (Å²) in [6.07, 6.45) is -65.7. The van der Waals surface area contributed by atoms with E-state index in [1.165, 1.54) is 0 Å². The summed E-state index contributed by atoms with van der Waals surface area (Å²) >= 11 is 0. The number of rotatable bonds is 9. The molecule has 21 heterocycles. The van der Waals surface area contributed by atoms with E-state index in [1.807, 2.05) is 0 Å². The number of epoxide rings is 1. The highest BCUT2D eigenvalue weighted by atomic mass is 32.2. The van der Waals surface area contributed by atoms with Crippen LogP contribution < -0.4 is 0 Å². The Hall–Kier alpha value is -1.41. The van der Waals surface area contributed by atoms with Gasteiger partial charge in [0.2, 0.25) is 0 Å². The third-order valence-corrected chi connectivity index (χ3v) is 15.8. The van der Waals surface area contributed by atoms with Crippen molar-refractivity contribution >= 4 is 10.1 Å². The summed E-state index contributed by atoms with van der Waals surface area (Å²) in [5.74, 6) is 0. The molecule has 36 nitrogen and oxygen atoms in total. The number of aliphatic hydroxyl groups excluding tert-OH is 18. The zero-order chi connectivity index (χ0) is 58.0. The Kier molecular flexibility index (Phi) is 20.4. The predicted octanol–water partition coefficient (Wildman–Crippen LogP) is -14.2. The number of ether oxygens (including phenoxy) is 15. The lowest BCUT2D eigenvalue weighted by Crippen LogP contribution is -2.68. The fraction of sp³-hybridized carbons (Fsp3) is 1.00. The first-order chi connectivity index (χ1) is 38.0. The highest BCUT2D eigenvalue weighted by Crippen LogP contribution is 2.44. The van der Waals surface area contributed by atoms with Gasteiger partial charge in [-0.15, -0.1) is 0 Å². The molecule has 0 aromatic carbocycles. The molecule has 37 heteroatoms. The molecule has 0 saturated carbocycles. The van der Waals surface area contributed by atoms with E-state index in [4.69, 9.17) is 75.2 Å². The Labute approximate surface area is 452 Å². The van der Waals surface area contributed by atoms with Gasteiger partial charge in [-0.3, -0.25) is 4.18 Å². The summed E-state index contributed by atoms with van der Waals surface area (Å²) in [7, 11) is -4.35. The first kappa shape index (κ1) is 63.1. The average Bonchev–Trinajstić information content (AvgIpc) is 4.40. The monoisotopic (exact) mass is 1190 g/mol. The molecule has 21 fully saturated rings. The van der Waals surface area contributed by atoms with Crippen molar-refractivity contribution < 1.29 is 176 Å². The Balaban J connectivity index is 1.00. The molecule has 18 N–H and O–H groups in total. The van der Waals surface area contributed by atoms with Gasteiger partial charge in [0, 0.05) is 0 Å². The van der Waals surface area contributed by atoms with Crippen LogP contribution in [0.2, 0.25) is 0 Å². The van der Waals surface area contributed by atoms with Crippen LogP contribution in [0.1, 0.15) is 0 Å². The number of hydrogen-bond acceptors (Lipinski definition) is 36. The van der Waals surface area contributed by atoms with Crippen molar-refractivity contribution in [2.45, 2.75) is 215 Å². The van der Waals surface area contributed by atoms with E-state index in [-0.39, 0.29) is 0 Å². The molecule has 0 radical (unpaired) electrons. The van der Waals surface area contributed by atoms with Crippen LogP contribution in [-0.4, -0.2) is 368 Å². The highest BCUT2D eigenvalue weighted by molar-refractivity contribution is 7.85. The molecule has 14 bridgehead atoms. The van der Waals surface area contributed by atoms with Gasteiger partial charge in [0.15, 0.2) is 44.0 Å². The molecule has 21 saturated heterocycles. The van der Waals surface area contributed by atoms with Gasteiger partial charge in [-0.25, -0.2) is 0 Å². The minimum absolute atomic E-state index is 0.628. The molecule has 464 valence electrons. The van der Waals surface area contributed by atoms with Crippen molar-refractivity contribution in [3.8, 4) is 0 Å². The van der Waals surface area contributed by atoms with Crippen LogP contribution in [0.5, 0.6) is 0 Å². The van der Waals surface area contributed by atoms with Crippen molar-refractivity contribution in [3.05, 3.63) is 0 Å². The van der Waals surface area contributed by atoms with Crippen LogP contribution in [0, 0.1) is 0 Å². The summed E-state index contributed by atoms with van der Waals surface area (Å²) in [4.78, 5) is 0. The second-order valence-corrected chi connectivity index (χ2v) is 22.2. The number of fused-ring (bicyclic) bond motifs is 1. The van der Waals surface area contributed by atoms with Crippen LogP contribution in [-0.2, 0) is 85.4 Å². The predicted molar refractivity (Wildman–Crippen MR) is 239 cm³/mol. The molecule has 0 amide bonds. The molecular formula is C43H70O36S. The third-order valence-electron chi connectivity index (χ3n) is 15.2. The average molecular weight is 1200 g/mol. The van der Waals surface area contributed by atoms with Crippen LogP contribution >= 0.6 is 0 Å². The lowest BCUT2D eigenvalue weighted by Gasteiger charge is -2.50. The SMILES string of the molecule is CS(=O)(=O)OC[C@H]1O[C@@H]2O[C@H]3[C@H](O)[C@@H](O)[C@@H](O[C@H]4[C@H](O)[C@@H](O)[C@@H](O[C@H]5[C@H](O)[C@H](O)[C@@H](O[C@H]6[C@@H]7O[C@@H]7[C@@H](O[C@H]7[C@H](O)[C@@H](O)[C@@H](O[C@H]8[C@@H](O)[C@@H](O)[C@@H](O[C@H]1[C@H](O)[C@H]2O)O[C@@H]8CO)O[C@@H]7CO)O[C@@H]6CO)O[C@@H]5CO)O[C@H]4CO)O[C@H]3CO. The van der Waals surface area contributed by atoms with Gasteiger partial charge in [-0.05, 0) is 0 Å². The highest BCUT2D eigenvalue weighted by Gasteiger charge is 2.63. The van der Waals surface area contributed by atoms with Gasteiger partial charge in [0.05, 0.1) is 52.5 Å². The molecule has 0 aliphatic carbocycles. The molecule has 80 heavy (non-hydrogen) atoms. The second-order valence-electron chi connectivity index (χ2n) is 20.5. The standard InChI is InChI=1S/C43H70O36S/c1-80(62,63)64-8-15-33-21(55)27(61)42(71-15)76-31-11(4-46)66-38(23(57)17(31)51)73-28-9(2-44)65-37(22(56)16(28)50)75-30-12(5-47)69-41(26(60)19(30)53)79-34-14(7-49)70-43(36-35(34)72-36)78-32-13(6-48)68-39(25(59)20(32)54)74-29-10(3-45)67-40(77-33)24(58)18(29)52/h9-61H,2-8H2,1H3/t9-,10+,11-,12+,13+,14+,15+,16+,17+,18-,19+,20+,21+,22+,23+,24+,25+,26-,27+,28+,29+,30+,31+,32+,33+,34+,35-,36-,37+,38+,39+,40+,41+,42+,43+/m0/s1. The largest absolute Gasteiger partial charge is 0.394 e. The summed E-state index contributed by atoms with van der Waals surface area (Å²) in [6, 6.07) is 0. The van der Waals surface area contributed by atoms with Crippen LogP contribution in [0.15, 0.2) is 0 Å². The minimum atomic E-state index is -4.35. The maximum absolute atomic E-state index is 12.2. The molecule has 0 aromatic heterocycles. The van der Waals surface area contributed by atoms with Gasteiger partial charge >= 0.3 is 0 Å². The summed E-state index contributed by atoms with van der Waals surface area (Å²) in [5.41, 5.74) is 0. The van der Waals surface area contributed by atoms with E-state index in [1.54, 1.807) is 0 Å². The maximum atomic E-state index is 12.2.